The largest absolute Gasteiger partial charge is 0.346 e. The molecule has 0 radical (unpaired) electrons. The van der Waals surface area contributed by atoms with E-state index in [4.69, 9.17) is 0 Å². The van der Waals surface area contributed by atoms with Crippen molar-refractivity contribution in [2.45, 2.75) is 25.9 Å². The highest BCUT2D eigenvalue weighted by molar-refractivity contribution is 5.97. The van der Waals surface area contributed by atoms with Gasteiger partial charge in [-0.15, -0.1) is 0 Å². The highest BCUT2D eigenvalue weighted by Crippen LogP contribution is 2.31. The van der Waals surface area contributed by atoms with E-state index in [2.05, 4.69) is 26.3 Å². The number of nitrogens with zero attached hydrogens (tertiary/aromatic N) is 2. The maximum absolute atomic E-state index is 12.6. The quantitative estimate of drug-likeness (QED) is 0.908. The fourth-order valence-corrected chi connectivity index (χ4v) is 3.44. The minimum Gasteiger partial charge on any atom is -0.346 e. The molecule has 3 heterocycles. The van der Waals surface area contributed by atoms with Crippen molar-refractivity contribution in [1.82, 2.24) is 20.2 Å². The molecule has 2 aromatic rings. The number of amides is 1. The van der Waals surface area contributed by atoms with Gasteiger partial charge in [-0.3, -0.25) is 9.78 Å². The molecule has 0 spiro atoms. The number of hydrogen-bond acceptors (Lipinski definition) is 3. The first kappa shape index (κ1) is 14.2. The van der Waals surface area contributed by atoms with Gasteiger partial charge in [-0.25, -0.2) is 0 Å². The molecule has 0 bridgehead atoms. The molecule has 0 unspecified atom stereocenters. The van der Waals surface area contributed by atoms with E-state index in [1.165, 1.54) is 16.8 Å². The molecular formula is C18H20N4O. The third-order valence-electron chi connectivity index (χ3n) is 4.52. The van der Waals surface area contributed by atoms with Crippen molar-refractivity contribution < 1.29 is 4.79 Å². The highest BCUT2D eigenvalue weighted by Gasteiger charge is 2.25. The molecule has 0 atom stereocenters. The van der Waals surface area contributed by atoms with Crippen LogP contribution >= 0.6 is 0 Å². The first-order valence-corrected chi connectivity index (χ1v) is 8.13. The average molecular weight is 308 g/mol. The van der Waals surface area contributed by atoms with Crippen molar-refractivity contribution in [3.63, 3.8) is 0 Å². The Labute approximate surface area is 135 Å². The molecule has 118 valence electrons. The Kier molecular flexibility index (Phi) is 3.71. The van der Waals surface area contributed by atoms with E-state index in [9.17, 15) is 4.79 Å². The first-order valence-electron chi connectivity index (χ1n) is 8.13. The molecule has 2 aromatic heterocycles. The highest BCUT2D eigenvalue weighted by atomic mass is 16.1. The van der Waals surface area contributed by atoms with Gasteiger partial charge in [-0.05, 0) is 36.1 Å². The predicted molar refractivity (Wildman–Crippen MR) is 89.0 cm³/mol. The van der Waals surface area contributed by atoms with E-state index in [0.717, 1.165) is 43.7 Å². The number of rotatable bonds is 3. The van der Waals surface area contributed by atoms with Gasteiger partial charge in [0.2, 0.25) is 0 Å². The minimum atomic E-state index is 0.000403. The Morgan fingerprint density at radius 3 is 3.22 bits per heavy atom. The maximum atomic E-state index is 12.6. The third kappa shape index (κ3) is 2.68. The van der Waals surface area contributed by atoms with E-state index in [1.807, 2.05) is 24.4 Å². The van der Waals surface area contributed by atoms with Gasteiger partial charge in [0.1, 0.15) is 0 Å². The van der Waals surface area contributed by atoms with E-state index >= 15 is 0 Å². The van der Waals surface area contributed by atoms with Crippen LogP contribution in [0.25, 0.3) is 5.57 Å². The molecule has 2 N–H and O–H groups in total. The van der Waals surface area contributed by atoms with Crippen molar-refractivity contribution in [3.05, 3.63) is 59.2 Å². The van der Waals surface area contributed by atoms with Crippen LogP contribution in [-0.4, -0.2) is 28.5 Å². The summed E-state index contributed by atoms with van der Waals surface area (Å²) in [6.07, 6.45) is 8.01. The number of allylic oxidation sites excluding steroid dienone is 1. The van der Waals surface area contributed by atoms with Gasteiger partial charge in [0, 0.05) is 37.7 Å². The Bertz CT molecular complexity index is 761. The van der Waals surface area contributed by atoms with Gasteiger partial charge in [0.05, 0.1) is 17.8 Å². The lowest BCUT2D eigenvalue weighted by Gasteiger charge is -2.15. The standard InChI is InChI=1S/C18H20N4O/c23-18(21-11-14-5-1-2-7-20-14)16-12-22-9-8-19-10-13-4-3-6-15(16)17(13)22/h1-2,4-5,7,12,19H,3,6,8-11H2,(H,21,23). The molecule has 1 aliphatic carbocycles. The minimum absolute atomic E-state index is 0.000403. The van der Waals surface area contributed by atoms with Crippen LogP contribution in [-0.2, 0) is 19.5 Å². The zero-order chi connectivity index (χ0) is 15.6. The topological polar surface area (TPSA) is 59.0 Å². The summed E-state index contributed by atoms with van der Waals surface area (Å²) in [5, 5.41) is 6.44. The van der Waals surface area contributed by atoms with Gasteiger partial charge < -0.3 is 15.2 Å². The average Bonchev–Trinajstić information content (AvgIpc) is 2.84. The second-order valence-electron chi connectivity index (χ2n) is 6.01. The summed E-state index contributed by atoms with van der Waals surface area (Å²) in [5.74, 6) is 0.000403. The molecule has 0 saturated carbocycles. The smallest absolute Gasteiger partial charge is 0.253 e. The predicted octanol–water partition coefficient (Wildman–Crippen LogP) is 1.75. The van der Waals surface area contributed by atoms with Gasteiger partial charge in [0.15, 0.2) is 0 Å². The number of carbonyl (C=O) groups is 1. The maximum Gasteiger partial charge on any atom is 0.253 e. The lowest BCUT2D eigenvalue weighted by Crippen LogP contribution is -2.24. The zero-order valence-corrected chi connectivity index (χ0v) is 13.0. The number of aromatic nitrogens is 2. The second kappa shape index (κ2) is 6.01. The van der Waals surface area contributed by atoms with E-state index in [-0.39, 0.29) is 5.91 Å². The van der Waals surface area contributed by atoms with Crippen molar-refractivity contribution >= 4 is 11.5 Å². The number of pyridine rings is 1. The van der Waals surface area contributed by atoms with Crippen LogP contribution in [0.15, 0.2) is 36.7 Å². The van der Waals surface area contributed by atoms with E-state index in [0.29, 0.717) is 6.54 Å². The summed E-state index contributed by atoms with van der Waals surface area (Å²) >= 11 is 0. The number of hydrogen-bond donors (Lipinski definition) is 2. The molecule has 23 heavy (non-hydrogen) atoms. The van der Waals surface area contributed by atoms with Crippen molar-refractivity contribution in [3.8, 4) is 0 Å². The number of carbonyl (C=O) groups excluding carboxylic acids is 1. The molecule has 1 amide bonds. The van der Waals surface area contributed by atoms with Gasteiger partial charge in [-0.1, -0.05) is 12.1 Å². The molecule has 0 fully saturated rings. The van der Waals surface area contributed by atoms with E-state index in [1.54, 1.807) is 6.20 Å². The van der Waals surface area contributed by atoms with Crippen LogP contribution in [0.1, 0.15) is 33.7 Å². The fraction of sp³-hybridized carbons (Fsp3) is 0.333. The Balaban J connectivity index is 1.59. The summed E-state index contributed by atoms with van der Waals surface area (Å²) in [6.45, 7) is 3.20. The molecular weight excluding hydrogens is 288 g/mol. The molecule has 0 saturated heterocycles. The van der Waals surface area contributed by atoms with Crippen molar-refractivity contribution in [2.24, 2.45) is 0 Å². The first-order chi connectivity index (χ1) is 11.3. The van der Waals surface area contributed by atoms with Crippen LogP contribution in [0.2, 0.25) is 0 Å². The Morgan fingerprint density at radius 1 is 1.39 bits per heavy atom. The summed E-state index contributed by atoms with van der Waals surface area (Å²) in [6, 6.07) is 5.73. The molecule has 0 aromatic carbocycles. The molecule has 2 aliphatic rings. The lowest BCUT2D eigenvalue weighted by molar-refractivity contribution is 0.0949. The molecule has 5 heteroatoms. The van der Waals surface area contributed by atoms with Crippen LogP contribution in [0, 0.1) is 0 Å². The zero-order valence-electron chi connectivity index (χ0n) is 13.0. The summed E-state index contributed by atoms with van der Waals surface area (Å²) in [5.41, 5.74) is 5.48. The molecule has 1 aliphatic heterocycles. The SMILES string of the molecule is O=C(NCc1ccccn1)c1cn2c3c1CCC=C3CNCC2. The molecule has 4 rings (SSSR count). The van der Waals surface area contributed by atoms with Crippen molar-refractivity contribution in [1.29, 1.82) is 0 Å². The van der Waals surface area contributed by atoms with Gasteiger partial charge in [0.25, 0.3) is 5.91 Å². The van der Waals surface area contributed by atoms with Gasteiger partial charge in [-0.2, -0.15) is 0 Å². The van der Waals surface area contributed by atoms with Gasteiger partial charge >= 0.3 is 0 Å². The normalized spacial score (nSPS) is 16.3. The summed E-state index contributed by atoms with van der Waals surface area (Å²) < 4.78 is 2.23. The number of nitrogens with one attached hydrogen (secondary N) is 2. The van der Waals surface area contributed by atoms with E-state index < -0.39 is 0 Å². The van der Waals surface area contributed by atoms with Crippen LogP contribution in [0.5, 0.6) is 0 Å². The Hall–Kier alpha value is -2.40. The van der Waals surface area contributed by atoms with Crippen LogP contribution in [0.4, 0.5) is 0 Å². The third-order valence-corrected chi connectivity index (χ3v) is 4.52. The monoisotopic (exact) mass is 308 g/mol. The summed E-state index contributed by atoms with van der Waals surface area (Å²) in [7, 11) is 0. The Morgan fingerprint density at radius 2 is 2.35 bits per heavy atom. The fourth-order valence-electron chi connectivity index (χ4n) is 3.44. The van der Waals surface area contributed by atoms with Crippen LogP contribution in [0.3, 0.4) is 0 Å². The van der Waals surface area contributed by atoms with Crippen molar-refractivity contribution in [2.75, 3.05) is 13.1 Å². The second-order valence-corrected chi connectivity index (χ2v) is 6.01. The van der Waals surface area contributed by atoms with Crippen LogP contribution < -0.4 is 10.6 Å². The molecule has 5 nitrogen and oxygen atoms in total. The summed E-state index contributed by atoms with van der Waals surface area (Å²) in [4.78, 5) is 16.9. The lowest BCUT2D eigenvalue weighted by atomic mass is 9.94.